The Kier molecular flexibility index (Phi) is 42.9. The first kappa shape index (κ1) is 30.7. The maximum Gasteiger partial charge on any atom is 3.00 e. The number of rotatable bonds is 0. The molecule has 6 heteroatoms. The molecular formula is C3H9AlCl4Si. The van der Waals surface area contributed by atoms with Gasteiger partial charge in [-0.25, -0.2) is 0 Å². The van der Waals surface area contributed by atoms with Crippen LogP contribution in [0.1, 0.15) is 0 Å². The first-order valence-corrected chi connectivity index (χ1v) is 6.20. The molecule has 0 atom stereocenters. The van der Waals surface area contributed by atoms with Crippen LogP contribution in [-0.2, 0) is 0 Å². The summed E-state index contributed by atoms with van der Waals surface area (Å²) in [6.07, 6.45) is 0. The Bertz CT molecular complexity index is 31.3. The smallest absolute Gasteiger partial charge is 1.00 e. The van der Waals surface area contributed by atoms with Crippen LogP contribution in [-0.4, -0.2) is 24.7 Å². The third-order valence-electron chi connectivity index (χ3n) is 0. The Balaban J connectivity index is -0.0000000133. The molecule has 0 amide bonds. The molecule has 0 aliphatic heterocycles. The van der Waals surface area contributed by atoms with E-state index in [1.54, 1.807) is 0 Å². The second-order valence-electron chi connectivity index (χ2n) is 2.07. The van der Waals surface area contributed by atoms with Gasteiger partial charge in [0.25, 0.3) is 0 Å². The van der Waals surface area contributed by atoms with Crippen molar-refractivity contribution in [1.82, 2.24) is 0 Å². The SMILES string of the molecule is C[Si](C)(C)Cl.[Al+3].[Cl-].[Cl-].[Cl-]. The summed E-state index contributed by atoms with van der Waals surface area (Å²) in [6.45, 7) is 6.28. The fourth-order valence-corrected chi connectivity index (χ4v) is 0. The number of hydrogen-bond donors (Lipinski definition) is 0. The molecule has 0 spiro atoms. The molecule has 56 valence electrons. The second kappa shape index (κ2) is 12.6. The van der Waals surface area contributed by atoms with Gasteiger partial charge in [0.15, 0.2) is 0 Å². The van der Waals surface area contributed by atoms with E-state index in [0.717, 1.165) is 0 Å². The van der Waals surface area contributed by atoms with E-state index in [0.29, 0.717) is 0 Å². The summed E-state index contributed by atoms with van der Waals surface area (Å²) >= 11 is 5.67. The van der Waals surface area contributed by atoms with Crippen molar-refractivity contribution in [3.05, 3.63) is 0 Å². The minimum absolute atomic E-state index is 0. The molecule has 0 N–H and O–H groups in total. The number of halogens is 4. The van der Waals surface area contributed by atoms with E-state index < -0.39 is 7.38 Å². The monoisotopic (exact) mass is 240 g/mol. The van der Waals surface area contributed by atoms with Crippen LogP contribution in [0.5, 0.6) is 0 Å². The van der Waals surface area contributed by atoms with Gasteiger partial charge in [-0.1, -0.05) is 19.6 Å². The van der Waals surface area contributed by atoms with Gasteiger partial charge in [0.2, 0.25) is 0 Å². The molecule has 0 radical (unpaired) electrons. The third-order valence-corrected chi connectivity index (χ3v) is 0. The van der Waals surface area contributed by atoms with Crippen LogP contribution in [0.15, 0.2) is 0 Å². The zero-order valence-electron chi connectivity index (χ0n) is 5.59. The molecule has 0 rings (SSSR count). The summed E-state index contributed by atoms with van der Waals surface area (Å²) in [4.78, 5) is 0. The average Bonchev–Trinajstić information content (AvgIpc) is 0.722. The molecular weight excluding hydrogens is 233 g/mol. The van der Waals surface area contributed by atoms with Crippen LogP contribution in [0.2, 0.25) is 19.6 Å². The van der Waals surface area contributed by atoms with Gasteiger partial charge in [-0.2, -0.15) is 11.1 Å². The molecule has 0 bridgehead atoms. The molecule has 0 aromatic rings. The Hall–Kier alpha value is 1.91. The maximum atomic E-state index is 5.67. The van der Waals surface area contributed by atoms with Crippen molar-refractivity contribution in [2.45, 2.75) is 19.6 Å². The largest absolute Gasteiger partial charge is 3.00 e. The minimum atomic E-state index is -1.14. The third kappa shape index (κ3) is 170. The predicted octanol–water partition coefficient (Wildman–Crippen LogP) is -7.31. The van der Waals surface area contributed by atoms with Crippen molar-refractivity contribution < 1.29 is 37.2 Å². The normalized spacial score (nSPS) is 6.67. The topological polar surface area (TPSA) is 0 Å². The Labute approximate surface area is 92.2 Å². The van der Waals surface area contributed by atoms with Crippen molar-refractivity contribution in [2.24, 2.45) is 0 Å². The Morgan fingerprint density at radius 1 is 0.889 bits per heavy atom. The van der Waals surface area contributed by atoms with Gasteiger partial charge in [-0.05, 0) is 0 Å². The summed E-state index contributed by atoms with van der Waals surface area (Å²) in [5, 5.41) is 0. The van der Waals surface area contributed by atoms with Gasteiger partial charge in [0.1, 0.15) is 7.38 Å². The first-order chi connectivity index (χ1) is 2.00. The zero-order chi connectivity index (χ0) is 4.50. The Morgan fingerprint density at radius 2 is 0.889 bits per heavy atom. The van der Waals surface area contributed by atoms with E-state index >= 15 is 0 Å². The second-order valence-corrected chi connectivity index (χ2v) is 9.60. The maximum absolute atomic E-state index is 5.67. The number of hydrogen-bond acceptors (Lipinski definition) is 0. The van der Waals surface area contributed by atoms with E-state index in [1.807, 2.05) is 0 Å². The van der Waals surface area contributed by atoms with Crippen molar-refractivity contribution >= 4 is 35.8 Å². The molecule has 0 aliphatic rings. The summed E-state index contributed by atoms with van der Waals surface area (Å²) in [5.41, 5.74) is 0. The molecule has 0 aliphatic carbocycles. The van der Waals surface area contributed by atoms with E-state index in [4.69, 9.17) is 11.1 Å². The van der Waals surface area contributed by atoms with Crippen LogP contribution in [0.4, 0.5) is 0 Å². The van der Waals surface area contributed by atoms with Crippen molar-refractivity contribution in [3.8, 4) is 0 Å². The summed E-state index contributed by atoms with van der Waals surface area (Å²) in [5.74, 6) is 0. The zero-order valence-corrected chi connectivity index (χ0v) is 10.8. The summed E-state index contributed by atoms with van der Waals surface area (Å²) in [7, 11) is -1.14. The molecule has 0 fully saturated rings. The van der Waals surface area contributed by atoms with Crippen LogP contribution < -0.4 is 37.2 Å². The fourth-order valence-electron chi connectivity index (χ4n) is 0. The van der Waals surface area contributed by atoms with E-state index in [-0.39, 0.29) is 54.6 Å². The molecule has 0 heterocycles. The van der Waals surface area contributed by atoms with Gasteiger partial charge in [0.05, 0.1) is 0 Å². The average molecular weight is 242 g/mol. The standard InChI is InChI=1S/C3H9ClSi.Al.3ClH/c1-5(2,3)4;;;;/h1-3H3;;3*1H/q;+3;;;/p-3. The molecule has 0 unspecified atom stereocenters. The van der Waals surface area contributed by atoms with Crippen LogP contribution in [0, 0.1) is 0 Å². The molecule has 0 aromatic heterocycles. The predicted molar refractivity (Wildman–Crippen MR) is 35.0 cm³/mol. The van der Waals surface area contributed by atoms with Gasteiger partial charge in [-0.15, -0.1) is 0 Å². The van der Waals surface area contributed by atoms with Crippen molar-refractivity contribution in [1.29, 1.82) is 0 Å². The minimum Gasteiger partial charge on any atom is -1.00 e. The van der Waals surface area contributed by atoms with Crippen LogP contribution in [0.25, 0.3) is 0 Å². The van der Waals surface area contributed by atoms with Gasteiger partial charge >= 0.3 is 17.4 Å². The van der Waals surface area contributed by atoms with Crippen LogP contribution in [0.3, 0.4) is 0 Å². The van der Waals surface area contributed by atoms with E-state index in [9.17, 15) is 0 Å². The molecule has 0 aromatic carbocycles. The van der Waals surface area contributed by atoms with E-state index in [2.05, 4.69) is 19.6 Å². The van der Waals surface area contributed by atoms with Crippen LogP contribution >= 0.6 is 11.1 Å². The Morgan fingerprint density at radius 3 is 0.889 bits per heavy atom. The fraction of sp³-hybridized carbons (Fsp3) is 1.00. The summed E-state index contributed by atoms with van der Waals surface area (Å²) in [6, 6.07) is 0. The molecule has 0 nitrogen and oxygen atoms in total. The van der Waals surface area contributed by atoms with Gasteiger partial charge in [0, 0.05) is 0 Å². The summed E-state index contributed by atoms with van der Waals surface area (Å²) < 4.78 is 0. The van der Waals surface area contributed by atoms with Crippen molar-refractivity contribution in [3.63, 3.8) is 0 Å². The molecule has 0 saturated carbocycles. The first-order valence-electron chi connectivity index (χ1n) is 1.69. The van der Waals surface area contributed by atoms with E-state index in [1.165, 1.54) is 0 Å². The quantitative estimate of drug-likeness (QED) is 0.292. The van der Waals surface area contributed by atoms with Crippen molar-refractivity contribution in [2.75, 3.05) is 0 Å². The molecule has 9 heavy (non-hydrogen) atoms. The molecule has 0 saturated heterocycles. The van der Waals surface area contributed by atoms with Gasteiger partial charge < -0.3 is 37.2 Å². The van der Waals surface area contributed by atoms with Gasteiger partial charge in [-0.3, -0.25) is 0 Å².